The lowest BCUT2D eigenvalue weighted by Gasteiger charge is -2.28. The van der Waals surface area contributed by atoms with Crippen molar-refractivity contribution in [3.63, 3.8) is 0 Å². The summed E-state index contributed by atoms with van der Waals surface area (Å²) in [6, 6.07) is 34.8. The van der Waals surface area contributed by atoms with Crippen LogP contribution >= 0.6 is 23.2 Å². The molecule has 1 atom stereocenters. The SMILES string of the molecule is CN(CCn1cnc(-c2cc(C(=O)OCC(Cn3cnc(-c4cc(-c5nn[nH]n5)ccn4)c3)N(C)Cc3ccc(Cl)cc3)ccn2)c1)Cc1ccc(Cl)cc1.Cc1ccc(CN(C)CCn2cnc(-c3cc(-c4nn[nH]n4)ccn3)c2)cc1. The molecule has 0 saturated heterocycles. The summed E-state index contributed by atoms with van der Waals surface area (Å²) < 4.78 is 12.0. The number of pyridine rings is 3. The Labute approximate surface area is 489 Å². The predicted molar refractivity (Wildman–Crippen MR) is 315 cm³/mol. The number of nitrogens with zero attached hydrogens (tertiary/aromatic N) is 18. The molecule has 2 N–H and O–H groups in total. The highest BCUT2D eigenvalue weighted by atomic mass is 35.5. The van der Waals surface area contributed by atoms with E-state index in [4.69, 9.17) is 27.9 Å². The molecule has 8 aromatic heterocycles. The average Bonchev–Trinajstić information content (AvgIpc) is 4.54. The fourth-order valence-corrected chi connectivity index (χ4v) is 9.22. The first-order valence-electron chi connectivity index (χ1n) is 26.6. The highest BCUT2D eigenvalue weighted by molar-refractivity contribution is 6.30. The summed E-state index contributed by atoms with van der Waals surface area (Å²) in [7, 11) is 6.21. The molecular weight excluding hydrogens is 1090 g/mol. The van der Waals surface area contributed by atoms with Crippen LogP contribution in [0.25, 0.3) is 56.9 Å². The maximum atomic E-state index is 13.5. The number of hydrogen-bond donors (Lipinski definition) is 2. The second-order valence-electron chi connectivity index (χ2n) is 20.1. The molecule has 0 bridgehead atoms. The minimum Gasteiger partial charge on any atom is -0.460 e. The summed E-state index contributed by atoms with van der Waals surface area (Å²) in [5, 5.41) is 29.7. The van der Waals surface area contributed by atoms with Crippen molar-refractivity contribution >= 4 is 29.2 Å². The van der Waals surface area contributed by atoms with Gasteiger partial charge in [-0.3, -0.25) is 19.9 Å². The van der Waals surface area contributed by atoms with Crippen molar-refractivity contribution in [2.45, 2.75) is 52.2 Å². The van der Waals surface area contributed by atoms with E-state index in [1.165, 1.54) is 16.7 Å². The van der Waals surface area contributed by atoms with Gasteiger partial charge in [-0.15, -0.1) is 20.4 Å². The van der Waals surface area contributed by atoms with Crippen LogP contribution in [0.3, 0.4) is 0 Å². The first kappa shape index (κ1) is 57.1. The minimum atomic E-state index is -0.453. The van der Waals surface area contributed by atoms with Gasteiger partial charge in [-0.1, -0.05) is 77.3 Å². The van der Waals surface area contributed by atoms with Crippen LogP contribution in [-0.2, 0) is 44.0 Å². The van der Waals surface area contributed by atoms with Gasteiger partial charge in [0.25, 0.3) is 0 Å². The van der Waals surface area contributed by atoms with Crippen molar-refractivity contribution in [2.75, 3.05) is 40.8 Å². The third-order valence-corrected chi connectivity index (χ3v) is 14.1. The number of hydrogen-bond acceptors (Lipinski definition) is 17. The van der Waals surface area contributed by atoms with Gasteiger partial charge in [0.15, 0.2) is 0 Å². The average molecular weight is 1150 g/mol. The van der Waals surface area contributed by atoms with Gasteiger partial charge in [0, 0.05) is 111 Å². The van der Waals surface area contributed by atoms with Gasteiger partial charge in [-0.05, 0) is 116 Å². The van der Waals surface area contributed by atoms with E-state index in [0.717, 1.165) is 72.4 Å². The van der Waals surface area contributed by atoms with E-state index >= 15 is 0 Å². The fraction of sp³-hybridized carbons (Fsp3) is 0.237. The highest BCUT2D eigenvalue weighted by Crippen LogP contribution is 2.24. The summed E-state index contributed by atoms with van der Waals surface area (Å²) in [5.41, 5.74) is 11.1. The van der Waals surface area contributed by atoms with E-state index in [1.54, 1.807) is 43.4 Å². The molecule has 0 spiro atoms. The number of esters is 1. The van der Waals surface area contributed by atoms with E-state index in [-0.39, 0.29) is 12.6 Å². The van der Waals surface area contributed by atoms with Crippen molar-refractivity contribution in [1.29, 1.82) is 0 Å². The van der Waals surface area contributed by atoms with Crippen LogP contribution in [0.5, 0.6) is 0 Å². The number of ether oxygens (including phenoxy) is 1. The molecule has 0 amide bonds. The molecule has 0 fully saturated rings. The Kier molecular flexibility index (Phi) is 18.9. The molecule has 22 nitrogen and oxygen atoms in total. The van der Waals surface area contributed by atoms with E-state index in [2.05, 4.69) is 136 Å². The number of halogens is 2. The summed E-state index contributed by atoms with van der Waals surface area (Å²) in [6.07, 6.45) is 16.3. The predicted octanol–water partition coefficient (Wildman–Crippen LogP) is 8.75. The summed E-state index contributed by atoms with van der Waals surface area (Å²) >= 11 is 12.2. The van der Waals surface area contributed by atoms with Gasteiger partial charge in [0.1, 0.15) is 23.7 Å². The Morgan fingerprint density at radius 3 is 1.48 bits per heavy atom. The largest absolute Gasteiger partial charge is 0.460 e. The number of likely N-dealkylation sites (N-methyl/N-ethyl adjacent to an activating group) is 3. The van der Waals surface area contributed by atoms with E-state index in [9.17, 15) is 4.79 Å². The van der Waals surface area contributed by atoms with Gasteiger partial charge < -0.3 is 28.2 Å². The zero-order chi connectivity index (χ0) is 57.5. The van der Waals surface area contributed by atoms with Crippen LogP contribution in [0.2, 0.25) is 10.0 Å². The van der Waals surface area contributed by atoms with E-state index < -0.39 is 5.97 Å². The van der Waals surface area contributed by atoms with Crippen LogP contribution in [0.15, 0.2) is 165 Å². The van der Waals surface area contributed by atoms with Crippen molar-refractivity contribution in [1.82, 2.24) is 99.6 Å². The van der Waals surface area contributed by atoms with Crippen molar-refractivity contribution in [3.05, 3.63) is 203 Å². The number of tetrazole rings is 2. The molecule has 24 heteroatoms. The first-order valence-corrected chi connectivity index (χ1v) is 27.4. The molecule has 11 rings (SSSR count). The second-order valence-corrected chi connectivity index (χ2v) is 21.0. The number of aromatic nitrogens is 17. The van der Waals surface area contributed by atoms with Crippen LogP contribution < -0.4 is 0 Å². The molecule has 0 saturated carbocycles. The zero-order valence-electron chi connectivity index (χ0n) is 46.2. The van der Waals surface area contributed by atoms with Crippen LogP contribution in [-0.4, -0.2) is 152 Å². The molecule has 11 aromatic rings. The van der Waals surface area contributed by atoms with E-state index in [1.807, 2.05) is 114 Å². The number of carbonyl (C=O) groups is 1. The lowest BCUT2D eigenvalue weighted by atomic mass is 10.1. The highest BCUT2D eigenvalue weighted by Gasteiger charge is 2.21. The topological polar surface area (TPSA) is 237 Å². The van der Waals surface area contributed by atoms with Gasteiger partial charge in [-0.2, -0.15) is 10.4 Å². The van der Waals surface area contributed by atoms with Crippen LogP contribution in [0.4, 0.5) is 0 Å². The number of H-pyrrole nitrogens is 2. The molecule has 3 aromatic carbocycles. The molecule has 0 radical (unpaired) electrons. The number of imidazole rings is 3. The number of aromatic amines is 2. The summed E-state index contributed by atoms with van der Waals surface area (Å²) in [5.74, 6) is 0.557. The minimum absolute atomic E-state index is 0.123. The molecule has 0 aliphatic carbocycles. The monoisotopic (exact) mass is 1150 g/mol. The molecule has 83 heavy (non-hydrogen) atoms. The molecule has 422 valence electrons. The second kappa shape index (κ2) is 27.5. The smallest absolute Gasteiger partial charge is 0.338 e. The number of nitrogens with one attached hydrogen (secondary N) is 2. The quantitative estimate of drug-likeness (QED) is 0.0569. The standard InChI is InChI=1S/C39H38Cl2N12O2.C20H22N8/c1-50(19-27-3-7-31(40)8-4-27)15-16-52-22-36(44-25-52)35-18-30(12-14-43-35)39(54)55-24-33(51(2)20-28-5-9-32(41)10-6-28)21-53-23-37(45-26-53)34-17-29(11-13-42-34)38-46-48-49-47-38;1-15-3-5-16(6-4-15)12-27(2)9-10-28-13-19(22-14-28)18-11-17(7-8-21-18)20-23-25-26-24-20/h3-14,17-18,22-23,25-26,33H,15-16,19-21,24H2,1-2H3,(H,46,47,48,49);3-8,11,13-14H,9-10,12H2,1-2H3,(H,23,24,25,26). The molecule has 8 heterocycles. The Balaban J connectivity index is 0.000000229. The van der Waals surface area contributed by atoms with Crippen molar-refractivity contribution in [3.8, 4) is 56.9 Å². The van der Waals surface area contributed by atoms with Crippen molar-refractivity contribution in [2.24, 2.45) is 0 Å². The van der Waals surface area contributed by atoms with Crippen LogP contribution in [0.1, 0.15) is 32.6 Å². The summed E-state index contributed by atoms with van der Waals surface area (Å²) in [4.78, 5) is 47.3. The molecular formula is C59H60Cl2N20O2. The first-order chi connectivity index (χ1) is 40.4. The number of aryl methyl sites for hydroxylation is 1. The number of rotatable bonds is 23. The normalized spacial score (nSPS) is 11.8. The third kappa shape index (κ3) is 16.1. The molecule has 0 aliphatic heterocycles. The van der Waals surface area contributed by atoms with E-state index in [0.29, 0.717) is 58.1 Å². The van der Waals surface area contributed by atoms with Gasteiger partial charge in [0.2, 0.25) is 11.6 Å². The lowest BCUT2D eigenvalue weighted by Crippen LogP contribution is -2.39. The Hall–Kier alpha value is -9.19. The maximum Gasteiger partial charge on any atom is 0.338 e. The summed E-state index contributed by atoms with van der Waals surface area (Å²) in [6.45, 7) is 8.41. The Bertz CT molecular complexity index is 3790. The Morgan fingerprint density at radius 1 is 0.542 bits per heavy atom. The number of benzene rings is 3. The fourth-order valence-electron chi connectivity index (χ4n) is 8.97. The van der Waals surface area contributed by atoms with Crippen molar-refractivity contribution < 1.29 is 9.53 Å². The van der Waals surface area contributed by atoms with Gasteiger partial charge in [0.05, 0.1) is 47.7 Å². The maximum absolute atomic E-state index is 13.5. The zero-order valence-corrected chi connectivity index (χ0v) is 47.7. The van der Waals surface area contributed by atoms with Gasteiger partial charge in [-0.25, -0.2) is 19.7 Å². The molecule has 1 unspecified atom stereocenters. The number of carbonyl (C=O) groups excluding carboxylic acids is 1. The molecule has 0 aliphatic rings. The lowest BCUT2D eigenvalue weighted by molar-refractivity contribution is 0.0348. The Morgan fingerprint density at radius 2 is 0.988 bits per heavy atom. The third-order valence-electron chi connectivity index (χ3n) is 13.6. The van der Waals surface area contributed by atoms with Gasteiger partial charge >= 0.3 is 5.97 Å². The van der Waals surface area contributed by atoms with Crippen LogP contribution in [0, 0.1) is 6.92 Å².